The van der Waals surface area contributed by atoms with Gasteiger partial charge in [0.25, 0.3) is 0 Å². The van der Waals surface area contributed by atoms with Crippen LogP contribution in [0.1, 0.15) is 36.1 Å². The highest BCUT2D eigenvalue weighted by molar-refractivity contribution is 9.10. The summed E-state index contributed by atoms with van der Waals surface area (Å²) < 4.78 is 6.57. The molecule has 0 heterocycles. The van der Waals surface area contributed by atoms with E-state index in [4.69, 9.17) is 22.1 Å². The minimum atomic E-state index is -0.209. The first-order valence-corrected chi connectivity index (χ1v) is 8.14. The van der Waals surface area contributed by atoms with Crippen LogP contribution in [0.25, 0.3) is 0 Å². The first-order valence-electron chi connectivity index (χ1n) is 6.96. The molecule has 0 saturated heterocycles. The molecule has 2 N–H and O–H groups in total. The smallest absolute Gasteiger partial charge is 0.133 e. The van der Waals surface area contributed by atoms with Crippen LogP contribution in [0.3, 0.4) is 0 Å². The van der Waals surface area contributed by atoms with E-state index >= 15 is 0 Å². The van der Waals surface area contributed by atoms with Crippen molar-refractivity contribution >= 4 is 27.5 Å². The number of nitrogens with two attached hydrogens (primary N) is 1. The van der Waals surface area contributed by atoms with E-state index in [1.807, 2.05) is 43.3 Å². The third-order valence-corrected chi connectivity index (χ3v) is 4.36. The van der Waals surface area contributed by atoms with Gasteiger partial charge in [0.1, 0.15) is 5.75 Å². The molecule has 1 atom stereocenters. The van der Waals surface area contributed by atoms with Gasteiger partial charge in [0.2, 0.25) is 0 Å². The Balaban J connectivity index is 2.24. The van der Waals surface area contributed by atoms with Crippen molar-refractivity contribution in [1.29, 1.82) is 0 Å². The van der Waals surface area contributed by atoms with Gasteiger partial charge < -0.3 is 10.5 Å². The Morgan fingerprint density at radius 1 is 1.19 bits per heavy atom. The van der Waals surface area contributed by atoms with Crippen molar-refractivity contribution in [2.24, 2.45) is 5.73 Å². The third kappa shape index (κ3) is 4.00. The molecule has 112 valence electrons. The molecule has 4 heteroatoms. The molecule has 1 unspecified atom stereocenters. The van der Waals surface area contributed by atoms with E-state index in [2.05, 4.69) is 22.9 Å². The van der Waals surface area contributed by atoms with Crippen molar-refractivity contribution in [2.45, 2.75) is 26.3 Å². The van der Waals surface area contributed by atoms with Gasteiger partial charge in [-0.25, -0.2) is 0 Å². The number of benzene rings is 2. The summed E-state index contributed by atoms with van der Waals surface area (Å²) in [6, 6.07) is 11.7. The molecule has 2 rings (SSSR count). The van der Waals surface area contributed by atoms with Crippen LogP contribution in [0.5, 0.6) is 5.75 Å². The molecule has 0 amide bonds. The number of hydrogen-bond acceptors (Lipinski definition) is 2. The van der Waals surface area contributed by atoms with Crippen LogP contribution in [-0.2, 0) is 0 Å². The maximum atomic E-state index is 6.33. The molecule has 0 aliphatic heterocycles. The zero-order valence-electron chi connectivity index (χ0n) is 12.2. The Morgan fingerprint density at radius 2 is 1.86 bits per heavy atom. The van der Waals surface area contributed by atoms with Crippen LogP contribution in [0.4, 0.5) is 0 Å². The van der Waals surface area contributed by atoms with Gasteiger partial charge in [0.05, 0.1) is 17.1 Å². The van der Waals surface area contributed by atoms with Crippen LogP contribution in [0, 0.1) is 6.92 Å². The molecule has 0 radical (unpaired) electrons. The minimum Gasteiger partial charge on any atom is -0.492 e. The predicted molar refractivity (Wildman–Crippen MR) is 92.1 cm³/mol. The van der Waals surface area contributed by atoms with E-state index in [-0.39, 0.29) is 6.04 Å². The quantitative estimate of drug-likeness (QED) is 0.782. The predicted octanol–water partition coefficient (Wildman–Crippen LogP) is 5.25. The van der Waals surface area contributed by atoms with Gasteiger partial charge in [-0.2, -0.15) is 0 Å². The molecule has 0 aliphatic rings. The van der Waals surface area contributed by atoms with Gasteiger partial charge in [-0.05, 0) is 64.2 Å². The van der Waals surface area contributed by atoms with E-state index in [0.717, 1.165) is 38.4 Å². The van der Waals surface area contributed by atoms with Crippen LogP contribution in [-0.4, -0.2) is 6.61 Å². The lowest BCUT2D eigenvalue weighted by Crippen LogP contribution is -2.12. The second-order valence-electron chi connectivity index (χ2n) is 5.02. The fourth-order valence-corrected chi connectivity index (χ4v) is 2.73. The highest BCUT2D eigenvalue weighted by Gasteiger charge is 2.12. The van der Waals surface area contributed by atoms with Gasteiger partial charge in [-0.3, -0.25) is 0 Å². The normalized spacial score (nSPS) is 12.2. The summed E-state index contributed by atoms with van der Waals surface area (Å²) in [4.78, 5) is 0. The molecular weight excluding hydrogens is 350 g/mol. The Kier molecular flexibility index (Phi) is 5.68. The number of hydrogen-bond donors (Lipinski definition) is 1. The number of aryl methyl sites for hydroxylation is 1. The van der Waals surface area contributed by atoms with E-state index in [1.165, 1.54) is 0 Å². The number of halogens is 2. The topological polar surface area (TPSA) is 35.2 Å². The first-order chi connectivity index (χ1) is 10.0. The van der Waals surface area contributed by atoms with Crippen LogP contribution >= 0.6 is 27.5 Å². The molecule has 2 nitrogen and oxygen atoms in total. The maximum Gasteiger partial charge on any atom is 0.133 e. The minimum absolute atomic E-state index is 0.209. The average Bonchev–Trinajstić information content (AvgIpc) is 2.48. The summed E-state index contributed by atoms with van der Waals surface area (Å²) in [7, 11) is 0. The lowest BCUT2D eigenvalue weighted by atomic mass is 9.98. The maximum absolute atomic E-state index is 6.33. The average molecular weight is 369 g/mol. The van der Waals surface area contributed by atoms with Crippen molar-refractivity contribution in [3.63, 3.8) is 0 Å². The fraction of sp³-hybridized carbons (Fsp3) is 0.294. The van der Waals surface area contributed by atoms with E-state index in [0.29, 0.717) is 6.61 Å². The second-order valence-corrected chi connectivity index (χ2v) is 6.29. The first kappa shape index (κ1) is 16.3. The second kappa shape index (κ2) is 7.30. The summed E-state index contributed by atoms with van der Waals surface area (Å²) in [5.74, 6) is 0.842. The molecule has 2 aromatic rings. The lowest BCUT2D eigenvalue weighted by Gasteiger charge is -2.15. The highest BCUT2D eigenvalue weighted by Crippen LogP contribution is 2.31. The van der Waals surface area contributed by atoms with Gasteiger partial charge in [-0.1, -0.05) is 36.7 Å². The molecular formula is C17H19BrClNO. The van der Waals surface area contributed by atoms with Crippen LogP contribution < -0.4 is 10.5 Å². The largest absolute Gasteiger partial charge is 0.492 e. The Bertz CT molecular complexity index is 630. The fourth-order valence-electron chi connectivity index (χ4n) is 2.03. The van der Waals surface area contributed by atoms with Gasteiger partial charge >= 0.3 is 0 Å². The Morgan fingerprint density at radius 3 is 2.48 bits per heavy atom. The van der Waals surface area contributed by atoms with Gasteiger partial charge in [0, 0.05) is 5.02 Å². The third-order valence-electron chi connectivity index (χ3n) is 3.33. The molecule has 0 bridgehead atoms. The van der Waals surface area contributed by atoms with E-state index < -0.39 is 0 Å². The summed E-state index contributed by atoms with van der Waals surface area (Å²) in [6.07, 6.45) is 0.982. The molecule has 0 aliphatic carbocycles. The lowest BCUT2D eigenvalue weighted by molar-refractivity contribution is 0.315. The molecule has 0 spiro atoms. The van der Waals surface area contributed by atoms with Gasteiger partial charge in [0.15, 0.2) is 0 Å². The summed E-state index contributed by atoms with van der Waals surface area (Å²) in [5, 5.41) is 0.741. The molecule has 0 aromatic heterocycles. The number of rotatable bonds is 5. The molecule has 21 heavy (non-hydrogen) atoms. The summed E-state index contributed by atoms with van der Waals surface area (Å²) >= 11 is 9.71. The van der Waals surface area contributed by atoms with Crippen molar-refractivity contribution in [3.05, 3.63) is 62.6 Å². The molecule has 0 saturated carbocycles. The van der Waals surface area contributed by atoms with E-state index in [9.17, 15) is 0 Å². The van der Waals surface area contributed by atoms with Gasteiger partial charge in [-0.15, -0.1) is 0 Å². The zero-order chi connectivity index (χ0) is 15.4. The standard InChI is InChI=1S/C17H19BrClNO/c1-3-8-21-16-7-6-12(9-14(16)18)17(20)13-5-4-11(2)15(19)10-13/h4-7,9-10,17H,3,8,20H2,1-2H3. The summed E-state index contributed by atoms with van der Waals surface area (Å²) in [6.45, 7) is 4.77. The Hall–Kier alpha value is -1.03. The number of ether oxygens (including phenoxy) is 1. The van der Waals surface area contributed by atoms with E-state index in [1.54, 1.807) is 0 Å². The monoisotopic (exact) mass is 367 g/mol. The SMILES string of the molecule is CCCOc1ccc(C(N)c2ccc(C)c(Cl)c2)cc1Br. The molecule has 0 fully saturated rings. The van der Waals surface area contributed by atoms with Crippen molar-refractivity contribution in [3.8, 4) is 5.75 Å². The van der Waals surface area contributed by atoms with Crippen molar-refractivity contribution in [2.75, 3.05) is 6.61 Å². The highest BCUT2D eigenvalue weighted by atomic mass is 79.9. The summed E-state index contributed by atoms with van der Waals surface area (Å²) in [5.41, 5.74) is 9.41. The van der Waals surface area contributed by atoms with Crippen molar-refractivity contribution < 1.29 is 4.74 Å². The van der Waals surface area contributed by atoms with Crippen LogP contribution in [0.2, 0.25) is 5.02 Å². The zero-order valence-corrected chi connectivity index (χ0v) is 14.5. The van der Waals surface area contributed by atoms with Crippen LogP contribution in [0.15, 0.2) is 40.9 Å². The molecule has 2 aromatic carbocycles. The van der Waals surface area contributed by atoms with Crippen molar-refractivity contribution in [1.82, 2.24) is 0 Å². The Labute approximate surface area is 139 Å².